The van der Waals surface area contributed by atoms with E-state index >= 15 is 0 Å². The van der Waals surface area contributed by atoms with E-state index in [0.29, 0.717) is 32.2 Å². The molecule has 3 saturated carbocycles. The van der Waals surface area contributed by atoms with E-state index < -0.39 is 57.1 Å². The zero-order valence-corrected chi connectivity index (χ0v) is 32.8. The zero-order valence-electron chi connectivity index (χ0n) is 31.9. The summed E-state index contributed by atoms with van der Waals surface area (Å²) in [7, 11) is -3.44. The number of nitrogens with zero attached hydrogens (tertiary/aromatic N) is 1. The number of rotatable bonds is 17. The Labute approximate surface area is 305 Å². The van der Waals surface area contributed by atoms with Crippen molar-refractivity contribution in [1.82, 2.24) is 26.2 Å². The van der Waals surface area contributed by atoms with E-state index in [1.165, 1.54) is 6.08 Å². The van der Waals surface area contributed by atoms with Crippen molar-refractivity contribution in [1.29, 1.82) is 0 Å². The predicted molar refractivity (Wildman–Crippen MR) is 197 cm³/mol. The van der Waals surface area contributed by atoms with Crippen LogP contribution >= 0.6 is 0 Å². The predicted octanol–water partition coefficient (Wildman–Crippen LogP) is 3.89. The van der Waals surface area contributed by atoms with E-state index in [1.807, 2.05) is 34.6 Å². The Kier molecular flexibility index (Phi) is 12.8. The molecular weight excluding hydrogens is 671 g/mol. The van der Waals surface area contributed by atoms with Crippen LogP contribution in [-0.4, -0.2) is 91.1 Å². The van der Waals surface area contributed by atoms with E-state index in [-0.39, 0.29) is 64.9 Å². The van der Waals surface area contributed by atoms with Gasteiger partial charge in [0.15, 0.2) is 9.84 Å². The second-order valence-corrected chi connectivity index (χ2v) is 20.2. The molecule has 1 heterocycles. The second kappa shape index (κ2) is 16.0. The van der Waals surface area contributed by atoms with Crippen LogP contribution in [0.15, 0.2) is 12.7 Å². The van der Waals surface area contributed by atoms with Crippen LogP contribution in [0.4, 0.5) is 4.79 Å². The van der Waals surface area contributed by atoms with E-state index in [4.69, 9.17) is 0 Å². The Bertz CT molecular complexity index is 1440. The van der Waals surface area contributed by atoms with Gasteiger partial charge in [0, 0.05) is 13.1 Å². The van der Waals surface area contributed by atoms with Crippen LogP contribution in [0.25, 0.3) is 0 Å². The number of sulfone groups is 1. The molecule has 4 aliphatic rings. The van der Waals surface area contributed by atoms with Gasteiger partial charge in [-0.05, 0) is 66.6 Å². The number of hydrogen-bond donors (Lipinski definition) is 4. The molecule has 0 aromatic carbocycles. The number of urea groups is 1. The highest BCUT2D eigenvalue weighted by Gasteiger charge is 2.69. The summed E-state index contributed by atoms with van der Waals surface area (Å²) in [4.78, 5) is 69.8. The molecule has 4 rings (SSSR count). The van der Waals surface area contributed by atoms with Crippen LogP contribution in [0, 0.1) is 34.5 Å². The first kappa shape index (κ1) is 40.8. The lowest BCUT2D eigenvalue weighted by Gasteiger charge is -2.39. The molecule has 12 nitrogen and oxygen atoms in total. The van der Waals surface area contributed by atoms with Crippen LogP contribution in [0.5, 0.6) is 0 Å². The van der Waals surface area contributed by atoms with Gasteiger partial charge in [0.2, 0.25) is 17.6 Å². The van der Waals surface area contributed by atoms with E-state index in [1.54, 1.807) is 4.90 Å². The van der Waals surface area contributed by atoms with Gasteiger partial charge in [-0.15, -0.1) is 6.58 Å². The van der Waals surface area contributed by atoms with Crippen LogP contribution in [-0.2, 0) is 29.0 Å². The van der Waals surface area contributed by atoms with Crippen LogP contribution in [0.1, 0.15) is 113 Å². The molecule has 0 spiro atoms. The number of hydrogen-bond acceptors (Lipinski definition) is 7. The molecule has 51 heavy (non-hydrogen) atoms. The van der Waals surface area contributed by atoms with Crippen molar-refractivity contribution in [3.8, 4) is 0 Å². The van der Waals surface area contributed by atoms with Crippen molar-refractivity contribution in [3.05, 3.63) is 12.7 Å². The van der Waals surface area contributed by atoms with Crippen molar-refractivity contribution in [3.63, 3.8) is 0 Å². The molecule has 4 fully saturated rings. The normalized spacial score (nSPS) is 24.9. The third-order valence-corrected chi connectivity index (χ3v) is 13.3. The Morgan fingerprint density at radius 2 is 1.63 bits per heavy atom. The van der Waals surface area contributed by atoms with Crippen LogP contribution in [0.2, 0.25) is 0 Å². The molecule has 288 valence electrons. The minimum absolute atomic E-state index is 0.0601. The van der Waals surface area contributed by atoms with Gasteiger partial charge in [-0.1, -0.05) is 86.6 Å². The number of ketones is 1. The number of Topliss-reactive ketones (excluding diaryl/α,β-unsaturated/α-hetero) is 1. The smallest absolute Gasteiger partial charge is 0.315 e. The fraction of sp³-hybridized carbons (Fsp3) is 0.816. The zero-order chi connectivity index (χ0) is 37.9. The topological polar surface area (TPSA) is 171 Å². The molecule has 1 saturated heterocycles. The largest absolute Gasteiger partial charge is 0.346 e. The molecular formula is C38H63N5O7S. The molecule has 5 unspecified atom stereocenters. The van der Waals surface area contributed by atoms with Gasteiger partial charge in [0.1, 0.15) is 12.1 Å². The number of piperidine rings is 1. The first-order valence-electron chi connectivity index (χ1n) is 19.0. The SMILES string of the molecule is C=CCNC(=O)C(=O)C(CC1CC1)NC(=O)C1C2C(CN1C(=O)C(CC(C)(C)C)NC(=O)NC1(CS(=O)(=O)CCC(C)C)CCCCC1)C2(C)C. The summed E-state index contributed by atoms with van der Waals surface area (Å²) in [5, 5.41) is 11.3. The summed E-state index contributed by atoms with van der Waals surface area (Å²) in [6.07, 6.45) is 8.16. The van der Waals surface area contributed by atoms with Crippen LogP contribution in [0.3, 0.4) is 0 Å². The number of amides is 5. The summed E-state index contributed by atoms with van der Waals surface area (Å²) in [6.45, 7) is 18.0. The average molecular weight is 734 g/mol. The summed E-state index contributed by atoms with van der Waals surface area (Å²) >= 11 is 0. The molecule has 5 atom stereocenters. The standard InChI is InChI=1S/C38H63N5O7S/c1-9-18-39-33(46)31(44)27(20-25-13-14-25)40-32(45)30-29-26(37(29,7)8)22-43(30)34(47)28(21-36(4,5)6)41-35(48)42-38(16-11-10-12-17-38)23-51(49,50)19-15-24(2)3/h9,24-30H,1,10-23H2,2-8H3,(H,39,46)(H,40,45)(H2,41,42,48). The highest BCUT2D eigenvalue weighted by Crippen LogP contribution is 2.65. The summed E-state index contributed by atoms with van der Waals surface area (Å²) in [5.41, 5.74) is -1.50. The average Bonchev–Trinajstić information content (AvgIpc) is 3.88. The maximum atomic E-state index is 14.5. The highest BCUT2D eigenvalue weighted by molar-refractivity contribution is 7.91. The van der Waals surface area contributed by atoms with Crippen molar-refractivity contribution in [2.75, 3.05) is 24.6 Å². The minimum atomic E-state index is -3.44. The van der Waals surface area contributed by atoms with Crippen molar-refractivity contribution < 1.29 is 32.4 Å². The number of nitrogens with one attached hydrogen (secondary N) is 4. The van der Waals surface area contributed by atoms with Gasteiger partial charge in [0.25, 0.3) is 5.91 Å². The maximum Gasteiger partial charge on any atom is 0.315 e. The molecule has 3 aliphatic carbocycles. The lowest BCUT2D eigenvalue weighted by Crippen LogP contribution is -2.62. The maximum absolute atomic E-state index is 14.5. The van der Waals surface area contributed by atoms with Gasteiger partial charge in [-0.25, -0.2) is 13.2 Å². The summed E-state index contributed by atoms with van der Waals surface area (Å²) < 4.78 is 26.4. The Balaban J connectivity index is 1.54. The van der Waals surface area contributed by atoms with Crippen molar-refractivity contribution in [2.24, 2.45) is 34.5 Å². The number of fused-ring (bicyclic) bond motifs is 1. The fourth-order valence-electron chi connectivity index (χ4n) is 8.29. The Morgan fingerprint density at radius 3 is 2.20 bits per heavy atom. The third kappa shape index (κ3) is 10.8. The van der Waals surface area contributed by atoms with Gasteiger partial charge in [-0.3, -0.25) is 19.2 Å². The first-order valence-corrected chi connectivity index (χ1v) is 20.8. The van der Waals surface area contributed by atoms with E-state index in [2.05, 4.69) is 41.7 Å². The summed E-state index contributed by atoms with van der Waals surface area (Å²) in [5.74, 6) is -2.03. The van der Waals surface area contributed by atoms with E-state index in [9.17, 15) is 32.4 Å². The molecule has 4 N–H and O–H groups in total. The molecule has 5 amide bonds. The lowest BCUT2D eigenvalue weighted by molar-refractivity contribution is -0.144. The van der Waals surface area contributed by atoms with Gasteiger partial charge in [-0.2, -0.15) is 0 Å². The van der Waals surface area contributed by atoms with Gasteiger partial charge < -0.3 is 26.2 Å². The van der Waals surface area contributed by atoms with Crippen molar-refractivity contribution >= 4 is 39.4 Å². The number of likely N-dealkylation sites (tertiary alicyclic amines) is 1. The minimum Gasteiger partial charge on any atom is -0.346 e. The number of carbonyl (C=O) groups excluding carboxylic acids is 5. The van der Waals surface area contributed by atoms with Crippen molar-refractivity contribution in [2.45, 2.75) is 136 Å². The second-order valence-electron chi connectivity index (χ2n) is 18.0. The fourth-order valence-corrected chi connectivity index (χ4v) is 10.5. The first-order chi connectivity index (χ1) is 23.7. The molecule has 0 radical (unpaired) electrons. The quantitative estimate of drug-likeness (QED) is 0.130. The summed E-state index contributed by atoms with van der Waals surface area (Å²) in [6, 6.07) is -3.45. The Morgan fingerprint density at radius 1 is 0.980 bits per heavy atom. The molecule has 13 heteroatoms. The highest BCUT2D eigenvalue weighted by atomic mass is 32.2. The molecule has 0 aromatic rings. The molecule has 1 aliphatic heterocycles. The lowest BCUT2D eigenvalue weighted by atomic mass is 9.83. The van der Waals surface area contributed by atoms with Crippen LogP contribution < -0.4 is 21.3 Å². The third-order valence-electron chi connectivity index (χ3n) is 11.4. The van der Waals surface area contributed by atoms with Gasteiger partial charge >= 0.3 is 6.03 Å². The monoisotopic (exact) mass is 733 g/mol. The van der Waals surface area contributed by atoms with Gasteiger partial charge in [0.05, 0.1) is 23.1 Å². The molecule has 0 aromatic heterocycles. The van der Waals surface area contributed by atoms with E-state index in [0.717, 1.165) is 32.1 Å². The Hall–Kier alpha value is -2.96. The number of carbonyl (C=O) groups is 5. The molecule has 0 bridgehead atoms.